The van der Waals surface area contributed by atoms with Crippen LogP contribution in [0.4, 0.5) is 17.1 Å². The number of nitrogens with two attached hydrogens (primary N) is 1. The smallest absolute Gasteiger partial charge is 0.119 e. The number of benzene rings is 3. The van der Waals surface area contributed by atoms with Gasteiger partial charge in [-0.1, -0.05) is 6.07 Å². The summed E-state index contributed by atoms with van der Waals surface area (Å²) in [5.74, 6) is 0.875. The second kappa shape index (κ2) is 9.88. The van der Waals surface area contributed by atoms with E-state index in [0.717, 1.165) is 79.6 Å². The molecule has 1 fully saturated rings. The van der Waals surface area contributed by atoms with Crippen LogP contribution in [0.25, 0.3) is 0 Å². The summed E-state index contributed by atoms with van der Waals surface area (Å²) in [5.41, 5.74) is 16.2. The van der Waals surface area contributed by atoms with Gasteiger partial charge in [-0.2, -0.15) is 0 Å². The Labute approximate surface area is 213 Å². The molecule has 0 bridgehead atoms. The molecule has 0 atom stereocenters. The van der Waals surface area contributed by atoms with Crippen LogP contribution in [0.15, 0.2) is 70.6 Å². The number of rotatable bonds is 7. The average molecular weight is 480 g/mol. The molecule has 1 saturated heterocycles. The number of ether oxygens (including phenoxy) is 1. The lowest BCUT2D eigenvalue weighted by Gasteiger charge is -2.34. The van der Waals surface area contributed by atoms with Gasteiger partial charge in [-0.25, -0.2) is 0 Å². The van der Waals surface area contributed by atoms with E-state index in [1.54, 1.807) is 0 Å². The van der Waals surface area contributed by atoms with Crippen LogP contribution in [0.3, 0.4) is 0 Å². The molecule has 3 heterocycles. The van der Waals surface area contributed by atoms with Crippen molar-refractivity contribution < 1.29 is 4.74 Å². The summed E-state index contributed by atoms with van der Waals surface area (Å²) < 4.78 is 5.73. The summed E-state index contributed by atoms with van der Waals surface area (Å²) in [6.45, 7) is 5.69. The van der Waals surface area contributed by atoms with Crippen molar-refractivity contribution in [2.45, 2.75) is 19.3 Å². The van der Waals surface area contributed by atoms with Crippen LogP contribution in [-0.2, 0) is 12.8 Å². The van der Waals surface area contributed by atoms with Crippen molar-refractivity contribution in [3.05, 3.63) is 82.9 Å². The topological polar surface area (TPSA) is 66.5 Å². The first kappa shape index (κ1) is 23.0. The third kappa shape index (κ3) is 4.66. The highest BCUT2D eigenvalue weighted by Gasteiger charge is 2.22. The number of nitrogens with zero attached hydrogens (tertiary/aromatic N) is 4. The summed E-state index contributed by atoms with van der Waals surface area (Å²) in [4.78, 5) is 14.8. The zero-order valence-electron chi connectivity index (χ0n) is 20.9. The molecule has 0 spiro atoms. The molecule has 3 aliphatic rings. The number of piperazine rings is 1. The number of anilines is 1. The highest BCUT2D eigenvalue weighted by atomic mass is 16.5. The molecule has 3 aromatic carbocycles. The van der Waals surface area contributed by atoms with E-state index in [4.69, 9.17) is 20.5 Å². The van der Waals surface area contributed by atoms with Crippen LogP contribution < -0.4 is 15.4 Å². The first-order valence-electron chi connectivity index (χ1n) is 12.9. The third-order valence-electron chi connectivity index (χ3n) is 7.38. The Morgan fingerprint density at radius 3 is 2.14 bits per heavy atom. The molecule has 0 aromatic heterocycles. The number of aliphatic imine (C=N–C) groups is 2. The molecule has 0 saturated carbocycles. The molecule has 0 amide bonds. The predicted octanol–water partition coefficient (Wildman–Crippen LogP) is 4.52. The molecule has 6 rings (SSSR count). The Morgan fingerprint density at radius 1 is 0.778 bits per heavy atom. The first-order valence-corrected chi connectivity index (χ1v) is 12.9. The quantitative estimate of drug-likeness (QED) is 0.506. The molecule has 2 N–H and O–H groups in total. The van der Waals surface area contributed by atoms with Crippen LogP contribution in [0.2, 0.25) is 0 Å². The molecule has 0 aliphatic carbocycles. The maximum absolute atomic E-state index is 5.73. The lowest BCUT2D eigenvalue weighted by molar-refractivity contribution is 0.313. The van der Waals surface area contributed by atoms with Crippen LogP contribution in [0, 0.1) is 0 Å². The molecule has 6 heteroatoms. The van der Waals surface area contributed by atoms with E-state index in [2.05, 4.69) is 65.4 Å². The number of likely N-dealkylation sites (N-methyl/N-ethyl adjacent to an activating group) is 1. The minimum absolute atomic E-state index is 0.644. The zero-order valence-corrected chi connectivity index (χ0v) is 20.9. The average Bonchev–Trinajstić information content (AvgIpc) is 3.53. The van der Waals surface area contributed by atoms with Crippen molar-refractivity contribution in [1.29, 1.82) is 0 Å². The van der Waals surface area contributed by atoms with E-state index >= 15 is 0 Å². The third-order valence-corrected chi connectivity index (χ3v) is 7.38. The predicted molar refractivity (Wildman–Crippen MR) is 148 cm³/mol. The van der Waals surface area contributed by atoms with Gasteiger partial charge in [0.2, 0.25) is 0 Å². The van der Waals surface area contributed by atoms with Gasteiger partial charge in [-0.15, -0.1) is 0 Å². The molecule has 3 aliphatic heterocycles. The molecule has 6 nitrogen and oxygen atoms in total. The van der Waals surface area contributed by atoms with Crippen molar-refractivity contribution in [1.82, 2.24) is 4.90 Å². The first-order chi connectivity index (χ1) is 17.7. The van der Waals surface area contributed by atoms with Gasteiger partial charge in [0.05, 0.1) is 29.4 Å². The largest absolute Gasteiger partial charge is 0.494 e. The normalized spacial score (nSPS) is 17.0. The lowest BCUT2D eigenvalue weighted by atomic mass is 9.99. The summed E-state index contributed by atoms with van der Waals surface area (Å²) in [5, 5.41) is 0. The standard InChI is InChI=1S/C30H33N5O/c1-34-12-14-35(15-13-34)25-6-10-28-24(18-25)20-30(33-28)22-5-9-27-23(17-22)19-29(32-27)21-3-7-26(8-4-21)36-16-2-11-31/h3-10,17-18H,2,11-16,19-20,31H2,1H3. The van der Waals surface area contributed by atoms with Crippen LogP contribution in [-0.4, -0.2) is 62.7 Å². The molecular weight excluding hydrogens is 446 g/mol. The summed E-state index contributed by atoms with van der Waals surface area (Å²) in [7, 11) is 2.20. The van der Waals surface area contributed by atoms with Gasteiger partial charge in [0.25, 0.3) is 0 Å². The number of fused-ring (bicyclic) bond motifs is 2. The maximum Gasteiger partial charge on any atom is 0.119 e. The van der Waals surface area contributed by atoms with Crippen molar-refractivity contribution in [2.24, 2.45) is 15.7 Å². The van der Waals surface area contributed by atoms with Gasteiger partial charge in [-0.3, -0.25) is 9.98 Å². The fourth-order valence-electron chi connectivity index (χ4n) is 5.18. The summed E-state index contributed by atoms with van der Waals surface area (Å²) >= 11 is 0. The minimum atomic E-state index is 0.644. The summed E-state index contributed by atoms with van der Waals surface area (Å²) in [6.07, 6.45) is 2.58. The van der Waals surface area contributed by atoms with Gasteiger partial charge in [-0.05, 0) is 96.9 Å². The van der Waals surface area contributed by atoms with Crippen molar-refractivity contribution in [3.63, 3.8) is 0 Å². The highest BCUT2D eigenvalue weighted by molar-refractivity contribution is 6.09. The maximum atomic E-state index is 5.73. The van der Waals surface area contributed by atoms with Gasteiger partial charge in [0, 0.05) is 44.7 Å². The second-order valence-electron chi connectivity index (χ2n) is 9.93. The fourth-order valence-corrected chi connectivity index (χ4v) is 5.18. The highest BCUT2D eigenvalue weighted by Crippen LogP contribution is 2.35. The molecule has 3 aromatic rings. The number of hydrogen-bond acceptors (Lipinski definition) is 6. The summed E-state index contributed by atoms with van der Waals surface area (Å²) in [6, 6.07) is 21.6. The molecular formula is C30H33N5O. The van der Waals surface area contributed by atoms with E-state index in [9.17, 15) is 0 Å². The monoisotopic (exact) mass is 479 g/mol. The van der Waals surface area contributed by atoms with Gasteiger partial charge in [0.15, 0.2) is 0 Å². The molecule has 36 heavy (non-hydrogen) atoms. The molecule has 0 radical (unpaired) electrons. The zero-order chi connectivity index (χ0) is 24.5. The Kier molecular flexibility index (Phi) is 6.30. The molecule has 0 unspecified atom stereocenters. The van der Waals surface area contributed by atoms with E-state index in [-0.39, 0.29) is 0 Å². The van der Waals surface area contributed by atoms with Crippen molar-refractivity contribution >= 4 is 28.5 Å². The van der Waals surface area contributed by atoms with Crippen LogP contribution in [0.1, 0.15) is 28.7 Å². The van der Waals surface area contributed by atoms with Crippen LogP contribution in [0.5, 0.6) is 5.75 Å². The van der Waals surface area contributed by atoms with E-state index in [1.165, 1.54) is 22.4 Å². The van der Waals surface area contributed by atoms with Gasteiger partial charge >= 0.3 is 0 Å². The fraction of sp³-hybridized carbons (Fsp3) is 0.333. The van der Waals surface area contributed by atoms with Crippen molar-refractivity contribution in [2.75, 3.05) is 51.3 Å². The minimum Gasteiger partial charge on any atom is -0.494 e. The Morgan fingerprint density at radius 2 is 1.42 bits per heavy atom. The Balaban J connectivity index is 1.13. The second-order valence-corrected chi connectivity index (χ2v) is 9.93. The van der Waals surface area contributed by atoms with E-state index in [0.29, 0.717) is 13.2 Å². The Bertz CT molecular complexity index is 1320. The lowest BCUT2D eigenvalue weighted by Crippen LogP contribution is -2.44. The van der Waals surface area contributed by atoms with Gasteiger partial charge < -0.3 is 20.3 Å². The van der Waals surface area contributed by atoms with Gasteiger partial charge in [0.1, 0.15) is 5.75 Å². The van der Waals surface area contributed by atoms with Crippen LogP contribution >= 0.6 is 0 Å². The number of hydrogen-bond donors (Lipinski definition) is 1. The molecule has 184 valence electrons. The van der Waals surface area contributed by atoms with Crippen molar-refractivity contribution in [3.8, 4) is 5.75 Å². The van der Waals surface area contributed by atoms with E-state index < -0.39 is 0 Å². The van der Waals surface area contributed by atoms with E-state index in [1.807, 2.05) is 12.1 Å². The Hall–Kier alpha value is -3.48. The SMILES string of the molecule is CN1CCN(c2ccc3c(c2)CC(c2ccc4c(c2)CC(c2ccc(OCCCN)cc2)=N4)=N3)CC1.